The van der Waals surface area contributed by atoms with Crippen LogP contribution in [0.4, 0.5) is 0 Å². The van der Waals surface area contributed by atoms with Gasteiger partial charge in [-0.1, -0.05) is 0 Å². The molecule has 1 aliphatic rings. The SMILES string of the molecule is [2H]C1NC([2H])(C([2H])([2H])[2H])C([2H])NC1([2H])C([2H])([2H])[2H]. The molecule has 1 aliphatic heterocycles. The van der Waals surface area contributed by atoms with E-state index in [4.69, 9.17) is 13.7 Å². The summed E-state index contributed by atoms with van der Waals surface area (Å²) >= 11 is 0. The van der Waals surface area contributed by atoms with Crippen molar-refractivity contribution >= 4 is 0 Å². The van der Waals surface area contributed by atoms with Crippen LogP contribution in [0.1, 0.15) is 27.4 Å². The van der Waals surface area contributed by atoms with Crippen LogP contribution in [0.3, 0.4) is 0 Å². The molecule has 4 atom stereocenters. The Morgan fingerprint density at radius 3 is 2.38 bits per heavy atom. The molecule has 4 unspecified atom stereocenters. The van der Waals surface area contributed by atoms with Crippen molar-refractivity contribution in [2.75, 3.05) is 13.0 Å². The molecule has 8 heavy (non-hydrogen) atoms. The summed E-state index contributed by atoms with van der Waals surface area (Å²) in [5.74, 6) is 0. The Morgan fingerprint density at radius 1 is 1.50 bits per heavy atom. The molecule has 0 aromatic carbocycles. The van der Waals surface area contributed by atoms with E-state index in [1.165, 1.54) is 0 Å². The van der Waals surface area contributed by atoms with Gasteiger partial charge in [-0.25, -0.2) is 0 Å². The van der Waals surface area contributed by atoms with E-state index >= 15 is 0 Å². The van der Waals surface area contributed by atoms with E-state index in [9.17, 15) is 0 Å². The molecule has 1 heterocycles. The molecule has 2 heteroatoms. The number of hydrogen-bond donors (Lipinski definition) is 2. The Balaban J connectivity index is 3.11. The van der Waals surface area contributed by atoms with Gasteiger partial charge in [0.05, 0.1) is 0 Å². The number of piperazine rings is 1. The van der Waals surface area contributed by atoms with E-state index in [1.54, 1.807) is 0 Å². The molecule has 0 aliphatic carbocycles. The monoisotopic (exact) mass is 124 g/mol. The zero-order valence-electron chi connectivity index (χ0n) is 14.2. The molecule has 2 nitrogen and oxygen atoms in total. The summed E-state index contributed by atoms with van der Waals surface area (Å²) < 4.78 is 73.4. The van der Waals surface area contributed by atoms with Crippen LogP contribution in [-0.4, -0.2) is 25.1 Å². The maximum Gasteiger partial charge on any atom is 0.0475 e. The lowest BCUT2D eigenvalue weighted by atomic mass is 10.2. The largest absolute Gasteiger partial charge is 0.311 e. The topological polar surface area (TPSA) is 24.1 Å². The summed E-state index contributed by atoms with van der Waals surface area (Å²) in [6.07, 6.45) is 0. The van der Waals surface area contributed by atoms with Crippen molar-refractivity contribution < 1.29 is 13.7 Å². The molecule has 0 aromatic rings. The van der Waals surface area contributed by atoms with Crippen molar-refractivity contribution in [2.45, 2.75) is 25.7 Å². The molecule has 2 N–H and O–H groups in total. The van der Waals surface area contributed by atoms with E-state index < -0.39 is 38.8 Å². The minimum Gasteiger partial charge on any atom is -0.311 e. The third-order valence-corrected chi connectivity index (χ3v) is 0.744. The summed E-state index contributed by atoms with van der Waals surface area (Å²) in [6.45, 7) is -9.60. The molecular weight excluding hydrogens is 100 g/mol. The van der Waals surface area contributed by atoms with Crippen molar-refractivity contribution in [1.29, 1.82) is 0 Å². The van der Waals surface area contributed by atoms with Crippen molar-refractivity contribution in [1.82, 2.24) is 10.6 Å². The minimum atomic E-state index is -2.93. The fourth-order valence-corrected chi connectivity index (χ4v) is 0.383. The fourth-order valence-electron chi connectivity index (χ4n) is 0.383. The van der Waals surface area contributed by atoms with Crippen LogP contribution in [-0.2, 0) is 0 Å². The molecule has 0 radical (unpaired) electrons. The lowest BCUT2D eigenvalue weighted by Gasteiger charge is -2.26. The summed E-state index contributed by atoms with van der Waals surface area (Å²) in [6, 6.07) is -5.07. The van der Waals surface area contributed by atoms with Gasteiger partial charge in [-0.3, -0.25) is 0 Å². The molecule has 1 saturated heterocycles. The van der Waals surface area contributed by atoms with Gasteiger partial charge in [0, 0.05) is 38.8 Å². The normalized spacial score (nSPS) is 98.0. The van der Waals surface area contributed by atoms with Gasteiger partial charge in [0.2, 0.25) is 0 Å². The van der Waals surface area contributed by atoms with Crippen LogP contribution in [0.2, 0.25) is 0 Å². The molecule has 48 valence electrons. The highest BCUT2D eigenvalue weighted by Gasteiger charge is 2.10. The first-order chi connectivity index (χ1) is 7.76. The molecule has 0 spiro atoms. The molecule has 0 amide bonds. The standard InChI is InChI=1S/C6H14N2/c1-5-3-8-6(2)4-7-5/h5-8H,3-4H2,1-2H3/i1D3,2D3,3D,4D,5D,6D. The number of hydrogen-bond acceptors (Lipinski definition) is 2. The molecule has 0 aromatic heterocycles. The Bertz CT molecular complexity index is 293. The highest BCUT2D eigenvalue weighted by Crippen LogP contribution is 1.89. The van der Waals surface area contributed by atoms with Crippen molar-refractivity contribution in [3.8, 4) is 0 Å². The molecule has 0 saturated carbocycles. The van der Waals surface area contributed by atoms with Gasteiger partial charge in [0.1, 0.15) is 0 Å². The van der Waals surface area contributed by atoms with E-state index in [0.29, 0.717) is 0 Å². The van der Waals surface area contributed by atoms with Gasteiger partial charge in [0.25, 0.3) is 0 Å². The van der Waals surface area contributed by atoms with Gasteiger partial charge in [-0.2, -0.15) is 0 Å². The van der Waals surface area contributed by atoms with Crippen LogP contribution < -0.4 is 10.6 Å². The summed E-state index contributed by atoms with van der Waals surface area (Å²) in [7, 11) is 0. The Morgan fingerprint density at radius 2 is 2.00 bits per heavy atom. The van der Waals surface area contributed by atoms with Crippen molar-refractivity contribution in [2.24, 2.45) is 0 Å². The predicted molar refractivity (Wildman–Crippen MR) is 34.9 cm³/mol. The first-order valence-corrected chi connectivity index (χ1v) is 2.15. The van der Waals surface area contributed by atoms with Gasteiger partial charge in [-0.05, 0) is 13.7 Å². The van der Waals surface area contributed by atoms with Crippen LogP contribution in [0.5, 0.6) is 0 Å². The van der Waals surface area contributed by atoms with Gasteiger partial charge in [0.15, 0.2) is 0 Å². The molecular formula is C6H14N2. The van der Waals surface area contributed by atoms with Crippen LogP contribution in [0.15, 0.2) is 0 Å². The second-order valence-electron chi connectivity index (χ2n) is 1.40. The summed E-state index contributed by atoms with van der Waals surface area (Å²) in [5.41, 5.74) is 0. The van der Waals surface area contributed by atoms with Crippen molar-refractivity contribution in [3.63, 3.8) is 0 Å². The van der Waals surface area contributed by atoms with Gasteiger partial charge < -0.3 is 10.6 Å². The van der Waals surface area contributed by atoms with E-state index in [1.807, 2.05) is 10.6 Å². The zero-order chi connectivity index (χ0) is 14.6. The molecule has 1 rings (SSSR count). The third kappa shape index (κ3) is 1.46. The quantitative estimate of drug-likeness (QED) is 0.473. The van der Waals surface area contributed by atoms with Gasteiger partial charge in [-0.15, -0.1) is 0 Å². The highest BCUT2D eigenvalue weighted by atomic mass is 15.1. The van der Waals surface area contributed by atoms with Crippen LogP contribution >= 0.6 is 0 Å². The lowest BCUT2D eigenvalue weighted by molar-refractivity contribution is 0.376. The van der Waals surface area contributed by atoms with Crippen LogP contribution in [0, 0.1) is 0 Å². The molecule has 0 bridgehead atoms. The maximum absolute atomic E-state index is 7.68. The van der Waals surface area contributed by atoms with E-state index in [2.05, 4.69) is 0 Å². The minimum absolute atomic E-state index is 1.87. The fraction of sp³-hybridized carbons (Fsp3) is 1.00. The Hall–Kier alpha value is -0.0800. The average Bonchev–Trinajstić information content (AvgIpc) is 2.11. The molecule has 1 fully saturated rings. The third-order valence-electron chi connectivity index (χ3n) is 0.744. The summed E-state index contributed by atoms with van der Waals surface area (Å²) in [5, 5.41) is 3.91. The second-order valence-corrected chi connectivity index (χ2v) is 1.40. The lowest BCUT2D eigenvalue weighted by Crippen LogP contribution is -2.51. The Kier molecular flexibility index (Phi) is 0.364. The van der Waals surface area contributed by atoms with Crippen LogP contribution in [0.25, 0.3) is 0 Å². The smallest absolute Gasteiger partial charge is 0.0475 e. The number of nitrogens with one attached hydrogen (secondary N) is 2. The number of rotatable bonds is 0. The first-order valence-electron chi connectivity index (χ1n) is 7.31. The van der Waals surface area contributed by atoms with Gasteiger partial charge >= 0.3 is 0 Å². The summed E-state index contributed by atoms with van der Waals surface area (Å²) in [4.78, 5) is 0. The predicted octanol–water partition coefficient (Wildman–Crippen LogP) is -0.0438. The highest BCUT2D eigenvalue weighted by molar-refractivity contribution is 4.76. The maximum atomic E-state index is 7.68. The van der Waals surface area contributed by atoms with Crippen molar-refractivity contribution in [3.05, 3.63) is 0 Å². The zero-order valence-corrected chi connectivity index (χ0v) is 4.15. The first kappa shape index (κ1) is 1.18. The van der Waals surface area contributed by atoms with E-state index in [0.717, 1.165) is 0 Å². The van der Waals surface area contributed by atoms with E-state index in [-0.39, 0.29) is 0 Å². The Labute approximate surface area is 64.7 Å². The second kappa shape index (κ2) is 2.46. The average molecular weight is 124 g/mol.